The van der Waals surface area contributed by atoms with Crippen LogP contribution in [0, 0.1) is 0 Å². The Hall–Kier alpha value is -2.62. The molecular formula is C10H10N4O5S. The Bertz CT molecular complexity index is 800. The maximum atomic E-state index is 12.0. The van der Waals surface area contributed by atoms with E-state index >= 15 is 0 Å². The molecule has 0 saturated carbocycles. The van der Waals surface area contributed by atoms with Crippen molar-refractivity contribution in [2.24, 2.45) is 7.05 Å². The smallest absolute Gasteiger partial charge is 0.352 e. The average molecular weight is 298 g/mol. The zero-order chi connectivity index (χ0) is 14.9. The number of anilines is 1. The second kappa shape index (κ2) is 4.81. The predicted octanol–water partition coefficient (Wildman–Crippen LogP) is -0.393. The number of sulfonamides is 1. The summed E-state index contributed by atoms with van der Waals surface area (Å²) in [6, 6.07) is 3.33. The first-order chi connectivity index (χ1) is 9.29. The average Bonchev–Trinajstić information content (AvgIpc) is 2.75. The van der Waals surface area contributed by atoms with Crippen LogP contribution in [0.1, 0.15) is 10.5 Å². The Morgan fingerprint density at radius 1 is 1.45 bits per heavy atom. The molecule has 3 N–H and O–H groups in total. The zero-order valence-electron chi connectivity index (χ0n) is 10.2. The van der Waals surface area contributed by atoms with Crippen molar-refractivity contribution in [2.45, 2.75) is 4.90 Å². The van der Waals surface area contributed by atoms with Gasteiger partial charge in [-0.3, -0.25) is 9.52 Å². The highest BCUT2D eigenvalue weighted by Crippen LogP contribution is 2.16. The molecule has 0 amide bonds. The van der Waals surface area contributed by atoms with Crippen molar-refractivity contribution in [1.29, 1.82) is 0 Å². The number of H-pyrrole nitrogens is 1. The van der Waals surface area contributed by atoms with Gasteiger partial charge in [0.05, 0.1) is 0 Å². The molecule has 0 unspecified atom stereocenters. The summed E-state index contributed by atoms with van der Waals surface area (Å²) in [5.41, 5.74) is -0.638. The van der Waals surface area contributed by atoms with Gasteiger partial charge in [0.1, 0.15) is 10.6 Å². The number of carboxylic acid groups (broad SMARTS) is 1. The van der Waals surface area contributed by atoms with Crippen LogP contribution in [-0.2, 0) is 17.1 Å². The highest BCUT2D eigenvalue weighted by molar-refractivity contribution is 7.92. The summed E-state index contributed by atoms with van der Waals surface area (Å²) in [6.07, 6.45) is 1.16. The van der Waals surface area contributed by atoms with Gasteiger partial charge in [0.15, 0.2) is 5.82 Å². The predicted molar refractivity (Wildman–Crippen MR) is 68.0 cm³/mol. The monoisotopic (exact) mass is 298 g/mol. The van der Waals surface area contributed by atoms with Crippen LogP contribution < -0.4 is 10.3 Å². The van der Waals surface area contributed by atoms with Crippen molar-refractivity contribution in [3.63, 3.8) is 0 Å². The van der Waals surface area contributed by atoms with Crippen LogP contribution in [0.25, 0.3) is 0 Å². The first-order valence-electron chi connectivity index (χ1n) is 5.28. The minimum absolute atomic E-state index is 0.0784. The number of hydrogen-bond acceptors (Lipinski definition) is 5. The lowest BCUT2D eigenvalue weighted by Gasteiger charge is -2.03. The summed E-state index contributed by atoms with van der Waals surface area (Å²) >= 11 is 0. The topological polar surface area (TPSA) is 134 Å². The molecule has 0 spiro atoms. The van der Waals surface area contributed by atoms with E-state index in [1.807, 2.05) is 0 Å². The standard InChI is InChI=1S/C10H10N4O5S/c1-14-5-6(4-7(14)10(16)17)20(18,19)13-8-2-3-9(15)12-11-8/h2-5H,1H3,(H,11,13)(H,12,15)(H,16,17). The van der Waals surface area contributed by atoms with Gasteiger partial charge < -0.3 is 9.67 Å². The molecule has 0 aliphatic heterocycles. The van der Waals surface area contributed by atoms with Gasteiger partial charge in [-0.05, 0) is 12.1 Å². The fraction of sp³-hybridized carbons (Fsp3) is 0.100. The second-order valence-electron chi connectivity index (χ2n) is 3.89. The Kier molecular flexibility index (Phi) is 3.32. The first kappa shape index (κ1) is 13.8. The lowest BCUT2D eigenvalue weighted by Crippen LogP contribution is -2.16. The van der Waals surface area contributed by atoms with Crippen LogP contribution in [0.5, 0.6) is 0 Å². The van der Waals surface area contributed by atoms with Gasteiger partial charge in [-0.2, -0.15) is 5.10 Å². The van der Waals surface area contributed by atoms with Crippen LogP contribution >= 0.6 is 0 Å². The van der Waals surface area contributed by atoms with E-state index in [0.717, 1.165) is 18.3 Å². The Balaban J connectivity index is 2.35. The van der Waals surface area contributed by atoms with Crippen molar-refractivity contribution < 1.29 is 18.3 Å². The molecule has 0 aromatic carbocycles. The summed E-state index contributed by atoms with van der Waals surface area (Å²) in [4.78, 5) is 21.5. The summed E-state index contributed by atoms with van der Waals surface area (Å²) < 4.78 is 27.4. The second-order valence-corrected chi connectivity index (χ2v) is 5.57. The lowest BCUT2D eigenvalue weighted by molar-refractivity contribution is 0.0686. The minimum atomic E-state index is -3.98. The molecule has 0 atom stereocenters. The molecule has 0 saturated heterocycles. The SMILES string of the molecule is Cn1cc(S(=O)(=O)Nc2ccc(=O)[nH]n2)cc1C(=O)O. The third-order valence-corrected chi connectivity index (χ3v) is 3.75. The van der Waals surface area contributed by atoms with Crippen molar-refractivity contribution in [1.82, 2.24) is 14.8 Å². The van der Waals surface area contributed by atoms with Crippen LogP contribution in [0.2, 0.25) is 0 Å². The van der Waals surface area contributed by atoms with Crippen molar-refractivity contribution in [2.75, 3.05) is 4.72 Å². The van der Waals surface area contributed by atoms with Gasteiger partial charge in [0.2, 0.25) is 0 Å². The number of carbonyl (C=O) groups is 1. The van der Waals surface area contributed by atoms with E-state index in [9.17, 15) is 18.0 Å². The van der Waals surface area contributed by atoms with Gasteiger partial charge in [0, 0.05) is 19.3 Å². The first-order valence-corrected chi connectivity index (χ1v) is 6.76. The number of carboxylic acids is 1. The maximum Gasteiger partial charge on any atom is 0.352 e. The number of nitrogens with zero attached hydrogens (tertiary/aromatic N) is 2. The van der Waals surface area contributed by atoms with E-state index < -0.39 is 21.6 Å². The van der Waals surface area contributed by atoms with Crippen molar-refractivity contribution >= 4 is 21.8 Å². The van der Waals surface area contributed by atoms with E-state index in [0.29, 0.717) is 0 Å². The lowest BCUT2D eigenvalue weighted by atomic mass is 10.4. The van der Waals surface area contributed by atoms with E-state index in [4.69, 9.17) is 5.11 Å². The molecule has 20 heavy (non-hydrogen) atoms. The highest BCUT2D eigenvalue weighted by atomic mass is 32.2. The molecule has 0 bridgehead atoms. The van der Waals surface area contributed by atoms with Gasteiger partial charge in [-0.25, -0.2) is 18.3 Å². The summed E-state index contributed by atoms with van der Waals surface area (Å²) in [5, 5.41) is 14.5. The molecule has 9 nitrogen and oxygen atoms in total. The van der Waals surface area contributed by atoms with Gasteiger partial charge >= 0.3 is 5.97 Å². The Labute approximate surface area is 112 Å². The van der Waals surface area contributed by atoms with E-state index in [1.54, 1.807) is 0 Å². The molecule has 10 heteroatoms. The normalized spacial score (nSPS) is 11.2. The van der Waals surface area contributed by atoms with Crippen molar-refractivity contribution in [3.8, 4) is 0 Å². The fourth-order valence-corrected chi connectivity index (χ4v) is 2.56. The molecule has 0 aliphatic carbocycles. The Morgan fingerprint density at radius 2 is 2.15 bits per heavy atom. The molecule has 0 fully saturated rings. The van der Waals surface area contributed by atoms with Gasteiger partial charge in [-0.15, -0.1) is 0 Å². The summed E-state index contributed by atoms with van der Waals surface area (Å²) in [6.45, 7) is 0. The van der Waals surface area contributed by atoms with Crippen LogP contribution in [0.3, 0.4) is 0 Å². The number of aromatic carboxylic acids is 1. The van der Waals surface area contributed by atoms with Gasteiger partial charge in [-0.1, -0.05) is 0 Å². The zero-order valence-corrected chi connectivity index (χ0v) is 11.0. The molecule has 2 rings (SSSR count). The quantitative estimate of drug-likeness (QED) is 0.703. The fourth-order valence-electron chi connectivity index (χ4n) is 1.49. The Morgan fingerprint density at radius 3 is 2.65 bits per heavy atom. The van der Waals surface area contributed by atoms with Gasteiger partial charge in [0.25, 0.3) is 15.6 Å². The third kappa shape index (κ3) is 2.69. The van der Waals surface area contributed by atoms with Crippen LogP contribution in [0.4, 0.5) is 5.82 Å². The molecule has 2 aromatic heterocycles. The van der Waals surface area contributed by atoms with E-state index in [-0.39, 0.29) is 16.4 Å². The molecular weight excluding hydrogens is 288 g/mol. The molecule has 2 heterocycles. The molecule has 106 valence electrons. The van der Waals surface area contributed by atoms with Crippen LogP contribution in [-0.4, -0.2) is 34.3 Å². The van der Waals surface area contributed by atoms with Crippen LogP contribution in [0.15, 0.2) is 34.1 Å². The largest absolute Gasteiger partial charge is 0.477 e. The number of rotatable bonds is 4. The summed E-state index contributed by atoms with van der Waals surface area (Å²) in [7, 11) is -2.56. The van der Waals surface area contributed by atoms with E-state index in [1.165, 1.54) is 17.7 Å². The number of aromatic amines is 1. The molecule has 0 aliphatic rings. The van der Waals surface area contributed by atoms with E-state index in [2.05, 4.69) is 14.9 Å². The number of nitrogens with one attached hydrogen (secondary N) is 2. The number of hydrogen-bond donors (Lipinski definition) is 3. The number of aromatic nitrogens is 3. The maximum absolute atomic E-state index is 12.0. The molecule has 2 aromatic rings. The minimum Gasteiger partial charge on any atom is -0.477 e. The highest BCUT2D eigenvalue weighted by Gasteiger charge is 2.20. The molecule has 0 radical (unpaired) electrons. The van der Waals surface area contributed by atoms with Crippen molar-refractivity contribution in [3.05, 3.63) is 40.4 Å². The third-order valence-electron chi connectivity index (χ3n) is 2.43. The summed E-state index contributed by atoms with van der Waals surface area (Å²) in [5.74, 6) is -1.32. The number of aryl methyl sites for hydroxylation is 1.